The lowest BCUT2D eigenvalue weighted by molar-refractivity contribution is 0.128. The summed E-state index contributed by atoms with van der Waals surface area (Å²) in [5.74, 6) is 8.22. The average Bonchev–Trinajstić information content (AvgIpc) is 2.98. The molecule has 7 heteroatoms. The van der Waals surface area contributed by atoms with Crippen LogP contribution in [0.2, 0.25) is 0 Å². The van der Waals surface area contributed by atoms with Crippen molar-refractivity contribution in [1.82, 2.24) is 9.97 Å². The number of aliphatic hydroxyl groups is 1. The molecule has 1 aliphatic carbocycles. The molecule has 0 bridgehead atoms. The molecule has 0 radical (unpaired) electrons. The molecule has 1 aromatic rings. The number of aromatic nitrogens is 2. The maximum absolute atomic E-state index is 9.36. The van der Waals surface area contributed by atoms with Crippen LogP contribution in [0.3, 0.4) is 0 Å². The highest BCUT2D eigenvalue weighted by Gasteiger charge is 2.26. The Kier molecular flexibility index (Phi) is 6.16. The molecule has 5 N–H and O–H groups in total. The number of nitrogen functional groups attached to an aromatic ring is 1. The molecule has 118 valence electrons. The van der Waals surface area contributed by atoms with Gasteiger partial charge in [-0.15, -0.1) is 0 Å². The van der Waals surface area contributed by atoms with Crippen molar-refractivity contribution < 1.29 is 9.84 Å². The Balaban J connectivity index is 1.97. The van der Waals surface area contributed by atoms with Crippen LogP contribution in [0.25, 0.3) is 0 Å². The molecule has 1 aliphatic rings. The second kappa shape index (κ2) is 8.11. The van der Waals surface area contributed by atoms with Crippen molar-refractivity contribution in [3.05, 3.63) is 11.9 Å². The van der Waals surface area contributed by atoms with Crippen LogP contribution in [0.1, 0.15) is 32.0 Å². The summed E-state index contributed by atoms with van der Waals surface area (Å²) in [6.07, 6.45) is 3.45. The van der Waals surface area contributed by atoms with Gasteiger partial charge in [0.2, 0.25) is 0 Å². The molecule has 1 heterocycles. The SMILES string of the molecule is CCOCc1nc(NN)cc(NCC2CCCC2CO)n1. The van der Waals surface area contributed by atoms with Crippen molar-refractivity contribution >= 4 is 11.6 Å². The first-order valence-corrected chi connectivity index (χ1v) is 7.53. The summed E-state index contributed by atoms with van der Waals surface area (Å²) in [5, 5.41) is 12.7. The summed E-state index contributed by atoms with van der Waals surface area (Å²) in [7, 11) is 0. The van der Waals surface area contributed by atoms with Crippen molar-refractivity contribution in [3.63, 3.8) is 0 Å². The fraction of sp³-hybridized carbons (Fsp3) is 0.714. The van der Waals surface area contributed by atoms with Gasteiger partial charge in [-0.2, -0.15) is 0 Å². The molecule has 0 aromatic carbocycles. The third kappa shape index (κ3) is 4.52. The fourth-order valence-electron chi connectivity index (χ4n) is 2.78. The number of aliphatic hydroxyl groups excluding tert-OH is 1. The van der Waals surface area contributed by atoms with Crippen molar-refractivity contribution in [1.29, 1.82) is 0 Å². The highest BCUT2D eigenvalue weighted by Crippen LogP contribution is 2.31. The second-order valence-corrected chi connectivity index (χ2v) is 5.35. The topological polar surface area (TPSA) is 105 Å². The molecule has 2 rings (SSSR count). The van der Waals surface area contributed by atoms with E-state index in [1.54, 1.807) is 6.07 Å². The fourth-order valence-corrected chi connectivity index (χ4v) is 2.78. The Morgan fingerprint density at radius 2 is 2.10 bits per heavy atom. The average molecular weight is 295 g/mol. The van der Waals surface area contributed by atoms with Gasteiger partial charge in [0.05, 0.1) is 0 Å². The first-order valence-electron chi connectivity index (χ1n) is 7.53. The van der Waals surface area contributed by atoms with Crippen molar-refractivity contribution in [3.8, 4) is 0 Å². The number of hydrogen-bond acceptors (Lipinski definition) is 7. The Hall–Kier alpha value is -1.44. The van der Waals surface area contributed by atoms with E-state index in [1.807, 2.05) is 6.92 Å². The van der Waals surface area contributed by atoms with Crippen LogP contribution < -0.4 is 16.6 Å². The van der Waals surface area contributed by atoms with Gasteiger partial charge in [0.25, 0.3) is 0 Å². The molecule has 1 aromatic heterocycles. The third-order valence-corrected chi connectivity index (χ3v) is 3.95. The van der Waals surface area contributed by atoms with Gasteiger partial charge in [-0.25, -0.2) is 15.8 Å². The lowest BCUT2D eigenvalue weighted by atomic mass is 9.97. The van der Waals surface area contributed by atoms with Crippen LogP contribution >= 0.6 is 0 Å². The highest BCUT2D eigenvalue weighted by molar-refractivity contribution is 5.46. The van der Waals surface area contributed by atoms with E-state index in [4.69, 9.17) is 10.6 Å². The molecule has 21 heavy (non-hydrogen) atoms. The predicted octanol–water partition coefficient (Wildman–Crippen LogP) is 1.12. The number of ether oxygens (including phenoxy) is 1. The van der Waals surface area contributed by atoms with Gasteiger partial charge in [0, 0.05) is 25.8 Å². The van der Waals surface area contributed by atoms with E-state index >= 15 is 0 Å². The summed E-state index contributed by atoms with van der Waals surface area (Å²) in [6, 6.07) is 1.78. The second-order valence-electron chi connectivity index (χ2n) is 5.35. The Bertz CT molecular complexity index is 443. The van der Waals surface area contributed by atoms with Gasteiger partial charge >= 0.3 is 0 Å². The quantitative estimate of drug-likeness (QED) is 0.420. The molecule has 0 saturated heterocycles. The summed E-state index contributed by atoms with van der Waals surface area (Å²) >= 11 is 0. The van der Waals surface area contributed by atoms with Crippen LogP contribution in [-0.4, -0.2) is 34.8 Å². The Morgan fingerprint density at radius 1 is 1.33 bits per heavy atom. The first-order chi connectivity index (χ1) is 10.3. The number of nitrogens with zero attached hydrogens (tertiary/aromatic N) is 2. The Morgan fingerprint density at radius 3 is 2.81 bits per heavy atom. The van der Waals surface area contributed by atoms with E-state index in [2.05, 4.69) is 20.7 Å². The standard InChI is InChI=1S/C14H25N5O2/c1-2-21-9-14-17-12(6-13(18-14)19-15)16-7-10-4-3-5-11(10)8-20/h6,10-11,20H,2-5,7-9,15H2,1H3,(H2,16,17,18,19). The maximum atomic E-state index is 9.36. The molecule has 1 saturated carbocycles. The number of hydrazine groups is 1. The van der Waals surface area contributed by atoms with Gasteiger partial charge in [0.15, 0.2) is 5.82 Å². The van der Waals surface area contributed by atoms with E-state index in [0.29, 0.717) is 36.7 Å². The van der Waals surface area contributed by atoms with E-state index in [9.17, 15) is 5.11 Å². The minimum absolute atomic E-state index is 0.265. The number of anilines is 2. The summed E-state index contributed by atoms with van der Waals surface area (Å²) in [4.78, 5) is 8.67. The first kappa shape index (κ1) is 15.9. The lowest BCUT2D eigenvalue weighted by Gasteiger charge is -2.18. The zero-order valence-corrected chi connectivity index (χ0v) is 12.5. The van der Waals surface area contributed by atoms with E-state index in [-0.39, 0.29) is 6.61 Å². The summed E-state index contributed by atoms with van der Waals surface area (Å²) in [6.45, 7) is 3.98. The molecule has 0 spiro atoms. The minimum Gasteiger partial charge on any atom is -0.396 e. The van der Waals surface area contributed by atoms with Crippen LogP contribution in [-0.2, 0) is 11.3 Å². The number of nitrogens with two attached hydrogens (primary N) is 1. The molecule has 1 fully saturated rings. The van der Waals surface area contributed by atoms with E-state index in [1.165, 1.54) is 6.42 Å². The molecule has 0 aliphatic heterocycles. The lowest BCUT2D eigenvalue weighted by Crippen LogP contribution is -2.21. The molecular formula is C14H25N5O2. The normalized spacial score (nSPS) is 21.5. The number of rotatable bonds is 8. The summed E-state index contributed by atoms with van der Waals surface area (Å²) in [5.41, 5.74) is 2.55. The van der Waals surface area contributed by atoms with Gasteiger partial charge in [-0.1, -0.05) is 6.42 Å². The van der Waals surface area contributed by atoms with Crippen LogP contribution in [0, 0.1) is 11.8 Å². The zero-order chi connectivity index (χ0) is 15.1. The van der Waals surface area contributed by atoms with E-state index in [0.717, 1.165) is 25.2 Å². The van der Waals surface area contributed by atoms with Crippen LogP contribution in [0.15, 0.2) is 6.07 Å². The molecule has 7 nitrogen and oxygen atoms in total. The molecule has 0 amide bonds. The van der Waals surface area contributed by atoms with Gasteiger partial charge in [-0.05, 0) is 31.6 Å². The molecule has 2 atom stereocenters. The van der Waals surface area contributed by atoms with Crippen molar-refractivity contribution in [2.45, 2.75) is 32.8 Å². The number of nitrogens with one attached hydrogen (secondary N) is 2. The van der Waals surface area contributed by atoms with Gasteiger partial charge in [0.1, 0.15) is 18.2 Å². The largest absolute Gasteiger partial charge is 0.396 e. The van der Waals surface area contributed by atoms with Gasteiger partial charge < -0.3 is 20.6 Å². The third-order valence-electron chi connectivity index (χ3n) is 3.95. The smallest absolute Gasteiger partial charge is 0.158 e. The van der Waals surface area contributed by atoms with Crippen LogP contribution in [0.5, 0.6) is 0 Å². The monoisotopic (exact) mass is 295 g/mol. The van der Waals surface area contributed by atoms with Crippen LogP contribution in [0.4, 0.5) is 11.6 Å². The Labute approximate surface area is 125 Å². The van der Waals surface area contributed by atoms with Crippen molar-refractivity contribution in [2.24, 2.45) is 17.7 Å². The summed E-state index contributed by atoms with van der Waals surface area (Å²) < 4.78 is 5.33. The predicted molar refractivity (Wildman–Crippen MR) is 81.6 cm³/mol. The van der Waals surface area contributed by atoms with E-state index < -0.39 is 0 Å². The van der Waals surface area contributed by atoms with Crippen molar-refractivity contribution in [2.75, 3.05) is 30.5 Å². The minimum atomic E-state index is 0.265. The van der Waals surface area contributed by atoms with Gasteiger partial charge in [-0.3, -0.25) is 0 Å². The zero-order valence-electron chi connectivity index (χ0n) is 12.5. The molecule has 2 unspecified atom stereocenters. The highest BCUT2D eigenvalue weighted by atomic mass is 16.5. The number of hydrogen-bond donors (Lipinski definition) is 4. The maximum Gasteiger partial charge on any atom is 0.158 e. The molecular weight excluding hydrogens is 270 g/mol.